The SMILES string of the molecule is COc1ccc(Cl)cc1N1CCN(C)C(C)C1. The number of rotatable bonds is 2. The number of anilines is 1. The molecule has 1 heterocycles. The Hall–Kier alpha value is -0.930. The van der Waals surface area contributed by atoms with Crippen molar-refractivity contribution < 1.29 is 4.74 Å². The van der Waals surface area contributed by atoms with Gasteiger partial charge in [-0.3, -0.25) is 0 Å². The van der Waals surface area contributed by atoms with Crippen LogP contribution in [0, 0.1) is 0 Å². The second-order valence-corrected chi connectivity index (χ2v) is 5.03. The molecule has 0 amide bonds. The summed E-state index contributed by atoms with van der Waals surface area (Å²) in [6.45, 7) is 5.32. The van der Waals surface area contributed by atoms with E-state index in [2.05, 4.69) is 23.8 Å². The molecule has 2 rings (SSSR count). The molecule has 0 radical (unpaired) electrons. The third-order valence-electron chi connectivity index (χ3n) is 3.44. The largest absolute Gasteiger partial charge is 0.495 e. The van der Waals surface area contributed by atoms with Gasteiger partial charge < -0.3 is 14.5 Å². The maximum atomic E-state index is 6.07. The molecule has 1 fully saturated rings. The van der Waals surface area contributed by atoms with Crippen molar-refractivity contribution in [1.82, 2.24) is 4.90 Å². The summed E-state index contributed by atoms with van der Waals surface area (Å²) in [4.78, 5) is 4.71. The van der Waals surface area contributed by atoms with Gasteiger partial charge in [-0.25, -0.2) is 0 Å². The van der Waals surface area contributed by atoms with E-state index in [1.165, 1.54) is 0 Å². The quantitative estimate of drug-likeness (QED) is 0.807. The van der Waals surface area contributed by atoms with E-state index in [9.17, 15) is 0 Å². The molecule has 1 aromatic rings. The van der Waals surface area contributed by atoms with E-state index >= 15 is 0 Å². The molecule has 0 aliphatic carbocycles. The summed E-state index contributed by atoms with van der Waals surface area (Å²) in [5.74, 6) is 0.895. The van der Waals surface area contributed by atoms with E-state index in [0.717, 1.165) is 36.1 Å². The predicted octanol–water partition coefficient (Wildman–Crippen LogP) is 2.49. The standard InChI is InChI=1S/C13H19ClN2O/c1-10-9-16(7-6-15(10)2)12-8-11(14)4-5-13(12)17-3/h4-5,8,10H,6-7,9H2,1-3H3. The lowest BCUT2D eigenvalue weighted by atomic mass is 10.1. The fourth-order valence-electron chi connectivity index (χ4n) is 2.18. The first-order valence-electron chi connectivity index (χ1n) is 5.90. The van der Waals surface area contributed by atoms with Crippen molar-refractivity contribution in [3.05, 3.63) is 23.2 Å². The van der Waals surface area contributed by atoms with E-state index in [1.807, 2.05) is 18.2 Å². The Kier molecular flexibility index (Phi) is 3.79. The van der Waals surface area contributed by atoms with Crippen LogP contribution in [0.2, 0.25) is 5.02 Å². The van der Waals surface area contributed by atoms with Gasteiger partial charge in [0.25, 0.3) is 0 Å². The Bertz CT molecular complexity index is 397. The number of halogens is 1. The van der Waals surface area contributed by atoms with Crippen LogP contribution in [0.5, 0.6) is 5.75 Å². The molecule has 1 aromatic carbocycles. The van der Waals surface area contributed by atoms with Crippen LogP contribution in [0.4, 0.5) is 5.69 Å². The number of benzene rings is 1. The predicted molar refractivity (Wildman–Crippen MR) is 72.3 cm³/mol. The lowest BCUT2D eigenvalue weighted by Crippen LogP contribution is -2.50. The highest BCUT2D eigenvalue weighted by molar-refractivity contribution is 6.30. The third-order valence-corrected chi connectivity index (χ3v) is 3.68. The van der Waals surface area contributed by atoms with Gasteiger partial charge in [-0.2, -0.15) is 0 Å². The van der Waals surface area contributed by atoms with Gasteiger partial charge in [0.1, 0.15) is 5.75 Å². The number of piperazine rings is 1. The van der Waals surface area contributed by atoms with Gasteiger partial charge in [0.2, 0.25) is 0 Å². The van der Waals surface area contributed by atoms with Crippen LogP contribution >= 0.6 is 11.6 Å². The second kappa shape index (κ2) is 5.15. The lowest BCUT2D eigenvalue weighted by Gasteiger charge is -2.39. The molecule has 3 nitrogen and oxygen atoms in total. The fourth-order valence-corrected chi connectivity index (χ4v) is 2.34. The molecule has 1 saturated heterocycles. The Morgan fingerprint density at radius 3 is 2.76 bits per heavy atom. The van der Waals surface area contributed by atoms with Crippen LogP contribution in [0.3, 0.4) is 0 Å². The molecule has 0 bridgehead atoms. The number of hydrogen-bond acceptors (Lipinski definition) is 3. The molecule has 1 atom stereocenters. The van der Waals surface area contributed by atoms with Crippen LogP contribution in [0.25, 0.3) is 0 Å². The van der Waals surface area contributed by atoms with Crippen molar-refractivity contribution in [3.63, 3.8) is 0 Å². The first-order chi connectivity index (χ1) is 8.11. The van der Waals surface area contributed by atoms with Crippen LogP contribution in [0.15, 0.2) is 18.2 Å². The zero-order valence-corrected chi connectivity index (χ0v) is 11.4. The van der Waals surface area contributed by atoms with E-state index in [1.54, 1.807) is 7.11 Å². The molecule has 1 aliphatic heterocycles. The minimum Gasteiger partial charge on any atom is -0.495 e. The molecule has 1 aliphatic rings. The number of likely N-dealkylation sites (N-methyl/N-ethyl adjacent to an activating group) is 1. The maximum Gasteiger partial charge on any atom is 0.142 e. The molecule has 0 spiro atoms. The normalized spacial score (nSPS) is 21.6. The molecule has 0 aromatic heterocycles. The molecule has 0 saturated carbocycles. The highest BCUT2D eigenvalue weighted by Crippen LogP contribution is 2.32. The summed E-state index contributed by atoms with van der Waals surface area (Å²) in [5, 5.41) is 0.757. The zero-order chi connectivity index (χ0) is 12.4. The van der Waals surface area contributed by atoms with Gasteiger partial charge in [0.15, 0.2) is 0 Å². The van der Waals surface area contributed by atoms with Crippen molar-refractivity contribution in [2.75, 3.05) is 38.7 Å². The average Bonchev–Trinajstić information content (AvgIpc) is 2.32. The van der Waals surface area contributed by atoms with Crippen molar-refractivity contribution in [2.45, 2.75) is 13.0 Å². The van der Waals surface area contributed by atoms with Crippen molar-refractivity contribution in [3.8, 4) is 5.75 Å². The highest BCUT2D eigenvalue weighted by Gasteiger charge is 2.22. The number of methoxy groups -OCH3 is 1. The Labute approximate surface area is 108 Å². The third kappa shape index (κ3) is 2.67. The molecule has 17 heavy (non-hydrogen) atoms. The van der Waals surface area contributed by atoms with Crippen LogP contribution in [-0.2, 0) is 0 Å². The molecular weight excluding hydrogens is 236 g/mol. The highest BCUT2D eigenvalue weighted by atomic mass is 35.5. The Morgan fingerprint density at radius 2 is 2.12 bits per heavy atom. The summed E-state index contributed by atoms with van der Waals surface area (Å²) >= 11 is 6.07. The summed E-state index contributed by atoms with van der Waals surface area (Å²) < 4.78 is 5.40. The average molecular weight is 255 g/mol. The van der Waals surface area contributed by atoms with E-state index in [0.29, 0.717) is 6.04 Å². The molecule has 94 valence electrons. The van der Waals surface area contributed by atoms with Crippen molar-refractivity contribution >= 4 is 17.3 Å². The van der Waals surface area contributed by atoms with Gasteiger partial charge in [-0.1, -0.05) is 11.6 Å². The Morgan fingerprint density at radius 1 is 1.35 bits per heavy atom. The van der Waals surface area contributed by atoms with Crippen LogP contribution in [-0.4, -0.2) is 44.7 Å². The van der Waals surface area contributed by atoms with Crippen LogP contribution < -0.4 is 9.64 Å². The van der Waals surface area contributed by atoms with E-state index in [-0.39, 0.29) is 0 Å². The molecule has 0 N–H and O–H groups in total. The van der Waals surface area contributed by atoms with Gasteiger partial charge in [0.05, 0.1) is 12.8 Å². The molecular formula is C13H19ClN2O. The number of nitrogens with zero attached hydrogens (tertiary/aromatic N) is 2. The van der Waals surface area contributed by atoms with E-state index < -0.39 is 0 Å². The lowest BCUT2D eigenvalue weighted by molar-refractivity contribution is 0.233. The smallest absolute Gasteiger partial charge is 0.142 e. The zero-order valence-electron chi connectivity index (χ0n) is 10.6. The summed E-state index contributed by atoms with van der Waals surface area (Å²) in [5.41, 5.74) is 1.10. The number of ether oxygens (including phenoxy) is 1. The van der Waals surface area contributed by atoms with Gasteiger partial charge >= 0.3 is 0 Å². The monoisotopic (exact) mass is 254 g/mol. The minimum absolute atomic E-state index is 0.549. The van der Waals surface area contributed by atoms with Gasteiger partial charge in [0, 0.05) is 30.7 Å². The number of hydrogen-bond donors (Lipinski definition) is 0. The minimum atomic E-state index is 0.549. The first kappa shape index (κ1) is 12.5. The fraction of sp³-hybridized carbons (Fsp3) is 0.538. The van der Waals surface area contributed by atoms with Crippen molar-refractivity contribution in [2.24, 2.45) is 0 Å². The van der Waals surface area contributed by atoms with E-state index in [4.69, 9.17) is 16.3 Å². The molecule has 4 heteroatoms. The topological polar surface area (TPSA) is 15.7 Å². The maximum absolute atomic E-state index is 6.07. The Balaban J connectivity index is 2.24. The van der Waals surface area contributed by atoms with Crippen LogP contribution in [0.1, 0.15) is 6.92 Å². The summed E-state index contributed by atoms with van der Waals surface area (Å²) in [7, 11) is 3.86. The summed E-state index contributed by atoms with van der Waals surface area (Å²) in [6, 6.07) is 6.33. The van der Waals surface area contributed by atoms with Crippen molar-refractivity contribution in [1.29, 1.82) is 0 Å². The van der Waals surface area contributed by atoms with Gasteiger partial charge in [-0.05, 0) is 32.2 Å². The first-order valence-corrected chi connectivity index (χ1v) is 6.28. The molecule has 1 unspecified atom stereocenters. The second-order valence-electron chi connectivity index (χ2n) is 4.59. The van der Waals surface area contributed by atoms with Gasteiger partial charge in [-0.15, -0.1) is 0 Å². The summed E-state index contributed by atoms with van der Waals surface area (Å²) in [6.07, 6.45) is 0.